The van der Waals surface area contributed by atoms with Gasteiger partial charge in [0.2, 0.25) is 0 Å². The van der Waals surface area contributed by atoms with Crippen LogP contribution >= 0.6 is 101 Å². The molecule has 0 unspecified atom stereocenters. The average Bonchev–Trinajstić information content (AvgIpc) is 3.37. The van der Waals surface area contributed by atoms with Crippen molar-refractivity contribution < 1.29 is 23.7 Å². The molecule has 0 amide bonds. The van der Waals surface area contributed by atoms with E-state index in [9.17, 15) is 0 Å². The molecule has 0 saturated carbocycles. The van der Waals surface area contributed by atoms with Gasteiger partial charge in [-0.3, -0.25) is 0 Å². The predicted octanol–water partition coefficient (Wildman–Crippen LogP) is 14.8. The van der Waals surface area contributed by atoms with E-state index in [1.807, 2.05) is 42.5 Å². The van der Waals surface area contributed by atoms with Gasteiger partial charge in [0.15, 0.2) is 0 Å². The van der Waals surface area contributed by atoms with E-state index in [0.717, 1.165) is 159 Å². The maximum absolute atomic E-state index is 5.80. The first-order valence-electron chi connectivity index (χ1n) is 23.8. The molecule has 68 heavy (non-hydrogen) atoms. The molecule has 5 rings (SSSR count). The fraction of sp³-hybridized carbons (Fsp3) is 0.455. The van der Waals surface area contributed by atoms with E-state index in [2.05, 4.69) is 181 Å². The summed E-state index contributed by atoms with van der Waals surface area (Å²) in [6.07, 6.45) is 11.5. The number of hydrogen-bond acceptors (Lipinski definition) is 13. The lowest BCUT2D eigenvalue weighted by atomic mass is 9.96. The van der Waals surface area contributed by atoms with Gasteiger partial charge >= 0.3 is 0 Å². The minimum absolute atomic E-state index is 0.712. The molecule has 0 N–H and O–H groups in total. The van der Waals surface area contributed by atoms with Crippen molar-refractivity contribution in [1.82, 2.24) is 0 Å². The molecular weight excluding hydrogens is 997 g/mol. The third kappa shape index (κ3) is 29.3. The molecule has 0 bridgehead atoms. The van der Waals surface area contributed by atoms with Crippen LogP contribution in [-0.4, -0.2) is 79.1 Å². The highest BCUT2D eigenvalue weighted by molar-refractivity contribution is 7.81. The van der Waals surface area contributed by atoms with Gasteiger partial charge in [-0.2, -0.15) is 101 Å². The minimum Gasteiger partial charge on any atom is -0.494 e. The molecule has 0 fully saturated rings. The van der Waals surface area contributed by atoms with E-state index in [1.165, 1.54) is 33.4 Å². The summed E-state index contributed by atoms with van der Waals surface area (Å²) in [6, 6.07) is 39.3. The van der Waals surface area contributed by atoms with E-state index in [1.54, 1.807) is 0 Å². The SMILES string of the molecule is Cc1cc(OCCCS)ccc1CCCS.SCCCOc1ccc(CCCS)c(-c2ccccc2)c1.SCCCOc1ccc(CCCS)cc1.SCCCOc1ccc(OCCCS)cc1. The van der Waals surface area contributed by atoms with Gasteiger partial charge in [0.25, 0.3) is 0 Å². The van der Waals surface area contributed by atoms with Gasteiger partial charge < -0.3 is 23.7 Å². The van der Waals surface area contributed by atoms with Gasteiger partial charge in [-0.15, -0.1) is 0 Å². The van der Waals surface area contributed by atoms with Crippen LogP contribution in [0.2, 0.25) is 0 Å². The minimum atomic E-state index is 0.712. The zero-order chi connectivity index (χ0) is 49.3. The second-order valence-electron chi connectivity index (χ2n) is 15.5. The molecule has 0 aromatic heterocycles. The molecule has 376 valence electrons. The number of benzene rings is 5. The fourth-order valence-electron chi connectivity index (χ4n) is 6.27. The van der Waals surface area contributed by atoms with E-state index in [4.69, 9.17) is 23.7 Å². The fourth-order valence-corrected chi connectivity index (χ4v) is 7.39. The standard InChI is InChI=1S/C18H22OS2.C13H20OS2.C12H18O2S2.C12H18OS2/c20-12-4-8-16-9-10-17(19-11-5-13-21)14-18(16)15-6-2-1-3-7-15;1-11-10-13(14-7-3-9-16)6-5-12(11)4-2-8-15;15-9-1-7-13-11-3-5-12(6-4-11)14-8-2-10-16;14-9-1-3-11-4-6-12(7-5-11)13-8-2-10-15/h1-3,6-7,9-10,14,20-21H,4-5,8,11-13H2;5-6,10,15-16H,2-4,7-9H2,1H3;3-6,15-16H,1-2,7-10H2;4-7,14-15H,1-3,8-10H2. The van der Waals surface area contributed by atoms with Crippen molar-refractivity contribution in [3.8, 4) is 39.9 Å². The van der Waals surface area contributed by atoms with E-state index < -0.39 is 0 Å². The Morgan fingerprint density at radius 2 is 0.662 bits per heavy atom. The van der Waals surface area contributed by atoms with Gasteiger partial charge in [0.05, 0.1) is 33.0 Å². The van der Waals surface area contributed by atoms with Crippen molar-refractivity contribution in [1.29, 1.82) is 0 Å². The summed E-state index contributed by atoms with van der Waals surface area (Å²) in [4.78, 5) is 0. The molecule has 13 heteroatoms. The Balaban J connectivity index is 0.000000314. The zero-order valence-electron chi connectivity index (χ0n) is 40.1. The van der Waals surface area contributed by atoms with Crippen LogP contribution in [0.15, 0.2) is 115 Å². The molecule has 0 heterocycles. The second-order valence-corrected chi connectivity index (χ2v) is 19.1. The Bertz CT molecular complexity index is 1910. The topological polar surface area (TPSA) is 46.2 Å². The largest absolute Gasteiger partial charge is 0.494 e. The maximum atomic E-state index is 5.80. The smallest absolute Gasteiger partial charge is 0.119 e. The van der Waals surface area contributed by atoms with Crippen LogP contribution in [-0.2, 0) is 19.3 Å². The number of hydrogen-bond donors (Lipinski definition) is 8. The number of ether oxygens (including phenoxy) is 5. The third-order valence-electron chi connectivity index (χ3n) is 9.92. The van der Waals surface area contributed by atoms with E-state index in [0.29, 0.717) is 19.8 Å². The Morgan fingerprint density at radius 1 is 0.324 bits per heavy atom. The van der Waals surface area contributed by atoms with E-state index in [-0.39, 0.29) is 0 Å². The molecule has 0 aliphatic carbocycles. The summed E-state index contributed by atoms with van der Waals surface area (Å²) < 4.78 is 28.0. The lowest BCUT2D eigenvalue weighted by Gasteiger charge is -2.13. The Labute approximate surface area is 455 Å². The van der Waals surface area contributed by atoms with Gasteiger partial charge in [-0.1, -0.05) is 54.6 Å². The van der Waals surface area contributed by atoms with Gasteiger partial charge in [-0.05, 0) is 218 Å². The monoisotopic (exact) mass is 1070 g/mol. The number of rotatable bonds is 30. The summed E-state index contributed by atoms with van der Waals surface area (Å²) in [6.45, 7) is 5.78. The predicted molar refractivity (Wildman–Crippen MR) is 322 cm³/mol. The second kappa shape index (κ2) is 42.6. The molecular formula is C55H78O5S8. The van der Waals surface area contributed by atoms with Crippen molar-refractivity contribution in [2.45, 2.75) is 77.6 Å². The van der Waals surface area contributed by atoms with Gasteiger partial charge in [0, 0.05) is 0 Å². The first-order valence-corrected chi connectivity index (χ1v) is 28.9. The van der Waals surface area contributed by atoms with Crippen LogP contribution in [0.5, 0.6) is 28.7 Å². The first-order chi connectivity index (χ1) is 33.3. The summed E-state index contributed by atoms with van der Waals surface area (Å²) in [5.41, 5.74) is 7.93. The summed E-state index contributed by atoms with van der Waals surface area (Å²) in [5.74, 6) is 11.7. The van der Waals surface area contributed by atoms with Crippen molar-refractivity contribution >= 4 is 101 Å². The lowest BCUT2D eigenvalue weighted by Crippen LogP contribution is -1.99. The number of thiol groups is 8. The molecule has 0 aliphatic heterocycles. The molecule has 5 nitrogen and oxygen atoms in total. The highest BCUT2D eigenvalue weighted by Gasteiger charge is 2.08. The number of aryl methyl sites for hydroxylation is 4. The summed E-state index contributed by atoms with van der Waals surface area (Å²) in [5, 5.41) is 0. The van der Waals surface area contributed by atoms with Gasteiger partial charge in [0.1, 0.15) is 28.7 Å². The van der Waals surface area contributed by atoms with Crippen molar-refractivity contribution in [3.05, 3.63) is 138 Å². The lowest BCUT2D eigenvalue weighted by molar-refractivity contribution is 0.310. The van der Waals surface area contributed by atoms with Crippen LogP contribution in [0.1, 0.15) is 73.6 Å². The first kappa shape index (κ1) is 62.0. The zero-order valence-corrected chi connectivity index (χ0v) is 47.2. The van der Waals surface area contributed by atoms with Crippen molar-refractivity contribution in [3.63, 3.8) is 0 Å². The molecule has 5 aromatic carbocycles. The molecule has 5 aromatic rings. The molecule has 0 spiro atoms. The van der Waals surface area contributed by atoms with Crippen molar-refractivity contribution in [2.24, 2.45) is 0 Å². The summed E-state index contributed by atoms with van der Waals surface area (Å²) >= 11 is 33.5. The Hall–Kier alpha value is -2.10. The van der Waals surface area contributed by atoms with Crippen LogP contribution in [0.4, 0.5) is 0 Å². The average molecular weight is 1080 g/mol. The quantitative estimate of drug-likeness (QED) is 0.0174. The normalized spacial score (nSPS) is 10.4. The molecule has 0 radical (unpaired) electrons. The third-order valence-corrected chi connectivity index (χ3v) is 12.4. The van der Waals surface area contributed by atoms with Crippen molar-refractivity contribution in [2.75, 3.05) is 79.1 Å². The molecule has 0 atom stereocenters. The van der Waals surface area contributed by atoms with Crippen LogP contribution in [0, 0.1) is 6.92 Å². The van der Waals surface area contributed by atoms with E-state index >= 15 is 0 Å². The van der Waals surface area contributed by atoms with Gasteiger partial charge in [-0.25, -0.2) is 0 Å². The molecule has 0 aliphatic rings. The molecule has 0 saturated heterocycles. The Kier molecular flexibility index (Phi) is 38.8. The highest BCUT2D eigenvalue weighted by Crippen LogP contribution is 2.29. The maximum Gasteiger partial charge on any atom is 0.119 e. The highest BCUT2D eigenvalue weighted by atomic mass is 32.1. The van der Waals surface area contributed by atoms with Crippen LogP contribution in [0.25, 0.3) is 11.1 Å². The summed E-state index contributed by atoms with van der Waals surface area (Å²) in [7, 11) is 0. The van der Waals surface area contributed by atoms with Crippen LogP contribution in [0.3, 0.4) is 0 Å². The van der Waals surface area contributed by atoms with Crippen LogP contribution < -0.4 is 23.7 Å². The Morgan fingerprint density at radius 3 is 1.07 bits per heavy atom.